The SMILES string of the molecule is O=C(O)c1cccc(Br)c1C(=O)O.O=C1OC(=O)c2c(Br)cccc21. The molecule has 1 aliphatic rings. The predicted molar refractivity (Wildman–Crippen MR) is 91.9 cm³/mol. The van der Waals surface area contributed by atoms with Crippen LogP contribution in [0.4, 0.5) is 0 Å². The van der Waals surface area contributed by atoms with Crippen LogP contribution >= 0.6 is 31.9 Å². The Bertz CT molecular complexity index is 905. The molecule has 0 bridgehead atoms. The van der Waals surface area contributed by atoms with E-state index in [0.717, 1.165) is 0 Å². The van der Waals surface area contributed by atoms with Gasteiger partial charge in [0.2, 0.25) is 0 Å². The number of carbonyl (C=O) groups is 4. The van der Waals surface area contributed by atoms with Crippen molar-refractivity contribution in [1.29, 1.82) is 0 Å². The highest BCUT2D eigenvalue weighted by molar-refractivity contribution is 9.10. The predicted octanol–water partition coefficient (Wildman–Crippen LogP) is 3.61. The highest BCUT2D eigenvalue weighted by Crippen LogP contribution is 2.27. The van der Waals surface area contributed by atoms with E-state index in [1.807, 2.05) is 0 Å². The Kier molecular flexibility index (Phi) is 5.70. The molecule has 0 saturated heterocycles. The van der Waals surface area contributed by atoms with Crippen LogP contribution in [-0.2, 0) is 4.74 Å². The third kappa shape index (κ3) is 3.94. The Labute approximate surface area is 157 Å². The Morgan fingerprint density at radius 2 is 1.44 bits per heavy atom. The minimum absolute atomic E-state index is 0.220. The van der Waals surface area contributed by atoms with Crippen LogP contribution in [0.25, 0.3) is 0 Å². The summed E-state index contributed by atoms with van der Waals surface area (Å²) in [7, 11) is 0. The monoisotopic (exact) mass is 470 g/mol. The largest absolute Gasteiger partial charge is 0.478 e. The maximum Gasteiger partial charge on any atom is 0.348 e. The number of hydrogen-bond acceptors (Lipinski definition) is 5. The van der Waals surface area contributed by atoms with E-state index in [1.165, 1.54) is 18.2 Å². The van der Waals surface area contributed by atoms with Crippen LogP contribution in [0.2, 0.25) is 0 Å². The van der Waals surface area contributed by atoms with E-state index < -0.39 is 23.9 Å². The van der Waals surface area contributed by atoms with Crippen LogP contribution in [0.15, 0.2) is 45.3 Å². The average molecular weight is 472 g/mol. The molecule has 0 aliphatic carbocycles. The number of fused-ring (bicyclic) bond motifs is 1. The van der Waals surface area contributed by atoms with Crippen LogP contribution < -0.4 is 0 Å². The Balaban J connectivity index is 0.000000181. The van der Waals surface area contributed by atoms with Crippen molar-refractivity contribution < 1.29 is 34.1 Å². The molecule has 1 heterocycles. The normalized spacial score (nSPS) is 11.9. The van der Waals surface area contributed by atoms with E-state index in [-0.39, 0.29) is 15.6 Å². The fourth-order valence-electron chi connectivity index (χ4n) is 2.01. The van der Waals surface area contributed by atoms with Gasteiger partial charge >= 0.3 is 23.9 Å². The molecule has 1 aliphatic heterocycles. The highest BCUT2D eigenvalue weighted by atomic mass is 79.9. The Morgan fingerprint density at radius 3 is 1.96 bits per heavy atom. The number of aromatic carboxylic acids is 2. The summed E-state index contributed by atoms with van der Waals surface area (Å²) in [6, 6.07) is 9.14. The molecule has 2 aromatic rings. The van der Waals surface area contributed by atoms with Crippen molar-refractivity contribution in [3.8, 4) is 0 Å². The fraction of sp³-hybridized carbons (Fsp3) is 0. The lowest BCUT2D eigenvalue weighted by atomic mass is 10.1. The summed E-state index contributed by atoms with van der Waals surface area (Å²) in [5.41, 5.74) is 0.203. The van der Waals surface area contributed by atoms with Crippen molar-refractivity contribution in [2.75, 3.05) is 0 Å². The lowest BCUT2D eigenvalue weighted by molar-refractivity contribution is 0.0442. The van der Waals surface area contributed by atoms with Crippen molar-refractivity contribution >= 4 is 55.7 Å². The van der Waals surface area contributed by atoms with E-state index in [0.29, 0.717) is 15.6 Å². The lowest BCUT2D eigenvalue weighted by Crippen LogP contribution is -2.08. The van der Waals surface area contributed by atoms with E-state index in [4.69, 9.17) is 10.2 Å². The van der Waals surface area contributed by atoms with Gasteiger partial charge in [-0.15, -0.1) is 0 Å². The Morgan fingerprint density at radius 1 is 0.840 bits per heavy atom. The maximum absolute atomic E-state index is 11.0. The third-order valence-corrected chi connectivity index (χ3v) is 4.40. The van der Waals surface area contributed by atoms with E-state index in [9.17, 15) is 19.2 Å². The number of carboxylic acid groups (broad SMARTS) is 2. The molecule has 2 N–H and O–H groups in total. The van der Waals surface area contributed by atoms with Crippen LogP contribution in [0.1, 0.15) is 41.4 Å². The van der Waals surface area contributed by atoms with Crippen molar-refractivity contribution in [2.24, 2.45) is 0 Å². The molecule has 0 fully saturated rings. The second-order valence-electron chi connectivity index (χ2n) is 4.61. The van der Waals surface area contributed by atoms with Gasteiger partial charge in [-0.05, 0) is 56.1 Å². The third-order valence-electron chi connectivity index (χ3n) is 3.08. The van der Waals surface area contributed by atoms with Gasteiger partial charge in [0.1, 0.15) is 0 Å². The van der Waals surface area contributed by atoms with Gasteiger partial charge in [-0.25, -0.2) is 19.2 Å². The maximum atomic E-state index is 11.0. The smallest absolute Gasteiger partial charge is 0.348 e. The minimum Gasteiger partial charge on any atom is -0.478 e. The molecule has 0 radical (unpaired) electrons. The number of ether oxygens (including phenoxy) is 1. The molecule has 7 nitrogen and oxygen atoms in total. The molecule has 0 atom stereocenters. The molecular formula is C16H8Br2O7. The van der Waals surface area contributed by atoms with Crippen molar-refractivity contribution in [2.45, 2.75) is 0 Å². The molecule has 25 heavy (non-hydrogen) atoms. The molecule has 0 aromatic heterocycles. The first-order chi connectivity index (χ1) is 11.7. The number of rotatable bonds is 2. The van der Waals surface area contributed by atoms with Crippen LogP contribution in [-0.4, -0.2) is 34.1 Å². The van der Waals surface area contributed by atoms with Crippen molar-refractivity contribution in [3.63, 3.8) is 0 Å². The molecule has 0 amide bonds. The summed E-state index contributed by atoms with van der Waals surface area (Å²) in [5.74, 6) is -3.66. The first kappa shape index (κ1) is 18.8. The summed E-state index contributed by atoms with van der Waals surface area (Å²) >= 11 is 6.13. The number of benzene rings is 2. The van der Waals surface area contributed by atoms with Crippen LogP contribution in [0, 0.1) is 0 Å². The number of cyclic esters (lactones) is 2. The molecule has 0 saturated carbocycles. The molecule has 128 valence electrons. The van der Waals surface area contributed by atoms with Gasteiger partial charge < -0.3 is 14.9 Å². The molecule has 2 aromatic carbocycles. The zero-order valence-electron chi connectivity index (χ0n) is 12.2. The topological polar surface area (TPSA) is 118 Å². The standard InChI is InChI=1S/C8H5BrO4.C8H3BrO3/c9-5-3-1-2-4(7(10)11)6(5)8(12)13;9-5-3-1-2-4-6(5)8(11)12-7(4)10/h1-3H,(H,10,11)(H,12,13);1-3H. The van der Waals surface area contributed by atoms with Crippen molar-refractivity contribution in [3.05, 3.63) is 67.6 Å². The zero-order chi connectivity index (χ0) is 18.7. The number of halogens is 2. The summed E-state index contributed by atoms with van der Waals surface area (Å²) < 4.78 is 5.26. The first-order valence-corrected chi connectivity index (χ1v) is 8.12. The van der Waals surface area contributed by atoms with Gasteiger partial charge in [0.05, 0.1) is 22.3 Å². The summed E-state index contributed by atoms with van der Waals surface area (Å²) in [6.07, 6.45) is 0. The van der Waals surface area contributed by atoms with Crippen LogP contribution in [0.5, 0.6) is 0 Å². The molecule has 0 unspecified atom stereocenters. The number of esters is 2. The van der Waals surface area contributed by atoms with Gasteiger partial charge in [0, 0.05) is 8.95 Å². The fourth-order valence-corrected chi connectivity index (χ4v) is 3.08. The summed E-state index contributed by atoms with van der Waals surface area (Å²) in [6.45, 7) is 0. The second kappa shape index (κ2) is 7.58. The van der Waals surface area contributed by atoms with Gasteiger partial charge in [-0.2, -0.15) is 0 Å². The number of carbonyl (C=O) groups excluding carboxylic acids is 2. The molecule has 3 rings (SSSR count). The van der Waals surface area contributed by atoms with Gasteiger partial charge in [-0.1, -0.05) is 12.1 Å². The Hall–Kier alpha value is -2.52. The zero-order valence-corrected chi connectivity index (χ0v) is 15.3. The lowest BCUT2D eigenvalue weighted by Gasteiger charge is -2.02. The van der Waals surface area contributed by atoms with E-state index >= 15 is 0 Å². The molecular weight excluding hydrogens is 464 g/mol. The highest BCUT2D eigenvalue weighted by Gasteiger charge is 2.31. The summed E-state index contributed by atoms with van der Waals surface area (Å²) in [4.78, 5) is 43.2. The van der Waals surface area contributed by atoms with Gasteiger partial charge in [0.15, 0.2) is 0 Å². The second-order valence-corrected chi connectivity index (χ2v) is 6.32. The van der Waals surface area contributed by atoms with E-state index in [2.05, 4.69) is 36.6 Å². The number of hydrogen-bond donors (Lipinski definition) is 2. The summed E-state index contributed by atoms with van der Waals surface area (Å²) in [5, 5.41) is 17.4. The average Bonchev–Trinajstić information content (AvgIpc) is 2.83. The van der Waals surface area contributed by atoms with Crippen molar-refractivity contribution in [1.82, 2.24) is 0 Å². The van der Waals surface area contributed by atoms with Crippen LogP contribution in [0.3, 0.4) is 0 Å². The number of carboxylic acids is 2. The quantitative estimate of drug-likeness (QED) is 0.507. The van der Waals surface area contributed by atoms with E-state index in [1.54, 1.807) is 18.2 Å². The molecule has 0 spiro atoms. The minimum atomic E-state index is -1.26. The van der Waals surface area contributed by atoms with Gasteiger partial charge in [-0.3, -0.25) is 0 Å². The first-order valence-electron chi connectivity index (χ1n) is 6.54. The van der Waals surface area contributed by atoms with Gasteiger partial charge in [0.25, 0.3) is 0 Å². The molecule has 9 heteroatoms.